The van der Waals surface area contributed by atoms with Crippen molar-refractivity contribution in [1.82, 2.24) is 0 Å². The first-order valence-corrected chi connectivity index (χ1v) is 4.52. The Bertz CT molecular complexity index is 377. The molecule has 1 aromatic rings. The summed E-state index contributed by atoms with van der Waals surface area (Å²) in [4.78, 5) is 0. The maximum Gasteiger partial charge on any atom is 0.417 e. The third kappa shape index (κ3) is 2.62. The highest BCUT2D eigenvalue weighted by Crippen LogP contribution is 2.38. The number of rotatable bonds is 2. The lowest BCUT2D eigenvalue weighted by atomic mass is 10.0. The molecule has 0 saturated carbocycles. The quantitative estimate of drug-likeness (QED) is 0.807. The van der Waals surface area contributed by atoms with Crippen LogP contribution in [-0.4, -0.2) is 6.43 Å². The Morgan fingerprint density at radius 2 is 1.75 bits per heavy atom. The van der Waals surface area contributed by atoms with Gasteiger partial charge in [-0.15, -0.1) is 0 Å². The Balaban J connectivity index is 3.24. The smallest absolute Gasteiger partial charge is 0.319 e. The summed E-state index contributed by atoms with van der Waals surface area (Å²) in [5.74, 6) is 0. The standard InChI is InChI=1S/C9H7ClF5N/c10-6-4(7(16)8(11)12)2-1-3-5(6)9(13,14)15/h1-3,7-8H,16H2/t7-/m1/s1. The van der Waals surface area contributed by atoms with Gasteiger partial charge in [0.1, 0.15) is 0 Å². The molecule has 0 aliphatic heterocycles. The van der Waals surface area contributed by atoms with E-state index in [1.54, 1.807) is 0 Å². The summed E-state index contributed by atoms with van der Waals surface area (Å²) < 4.78 is 61.7. The maximum absolute atomic E-state index is 12.4. The summed E-state index contributed by atoms with van der Waals surface area (Å²) >= 11 is 5.40. The second-order valence-corrected chi connectivity index (χ2v) is 3.44. The predicted octanol–water partition coefficient (Wildman–Crippen LogP) is 3.62. The molecule has 1 rings (SSSR count). The SMILES string of the molecule is N[C@H](c1cccc(C(F)(F)F)c1Cl)C(F)F. The van der Waals surface area contributed by atoms with Gasteiger partial charge in [0.15, 0.2) is 0 Å². The van der Waals surface area contributed by atoms with Crippen LogP contribution in [-0.2, 0) is 6.18 Å². The summed E-state index contributed by atoms with van der Waals surface area (Å²) in [6.07, 6.45) is -7.66. The van der Waals surface area contributed by atoms with E-state index in [0.29, 0.717) is 6.07 Å². The van der Waals surface area contributed by atoms with E-state index in [0.717, 1.165) is 12.1 Å². The van der Waals surface area contributed by atoms with Crippen LogP contribution >= 0.6 is 11.6 Å². The highest BCUT2D eigenvalue weighted by Gasteiger charge is 2.35. The highest BCUT2D eigenvalue weighted by molar-refractivity contribution is 6.32. The van der Waals surface area contributed by atoms with Crippen LogP contribution in [0.5, 0.6) is 0 Å². The first kappa shape index (κ1) is 13.2. The van der Waals surface area contributed by atoms with Gasteiger partial charge in [-0.2, -0.15) is 13.2 Å². The summed E-state index contributed by atoms with van der Waals surface area (Å²) in [5, 5.41) is -0.775. The molecule has 0 radical (unpaired) electrons. The Morgan fingerprint density at radius 3 is 2.19 bits per heavy atom. The van der Waals surface area contributed by atoms with Crippen molar-refractivity contribution in [3.05, 3.63) is 34.3 Å². The zero-order valence-corrected chi connectivity index (χ0v) is 8.49. The Hall–Kier alpha value is -0.880. The molecule has 0 saturated heterocycles. The third-order valence-electron chi connectivity index (χ3n) is 1.96. The molecule has 0 unspecified atom stereocenters. The molecular formula is C9H7ClF5N. The van der Waals surface area contributed by atoms with Crippen LogP contribution in [0.1, 0.15) is 17.2 Å². The molecule has 2 N–H and O–H groups in total. The molecule has 1 nitrogen and oxygen atoms in total. The molecule has 0 heterocycles. The number of halogens is 6. The lowest BCUT2D eigenvalue weighted by molar-refractivity contribution is -0.137. The van der Waals surface area contributed by atoms with Gasteiger partial charge in [-0.25, -0.2) is 8.78 Å². The van der Waals surface area contributed by atoms with E-state index in [2.05, 4.69) is 0 Å². The molecule has 1 aromatic carbocycles. The van der Waals surface area contributed by atoms with E-state index in [1.807, 2.05) is 0 Å². The summed E-state index contributed by atoms with van der Waals surface area (Å²) in [7, 11) is 0. The zero-order valence-electron chi connectivity index (χ0n) is 7.73. The van der Waals surface area contributed by atoms with Crippen LogP contribution in [0, 0.1) is 0 Å². The highest BCUT2D eigenvalue weighted by atomic mass is 35.5. The fraction of sp³-hybridized carbons (Fsp3) is 0.333. The van der Waals surface area contributed by atoms with Crippen molar-refractivity contribution in [2.24, 2.45) is 5.73 Å². The van der Waals surface area contributed by atoms with Crippen LogP contribution in [0.15, 0.2) is 18.2 Å². The number of alkyl halides is 5. The summed E-state index contributed by atoms with van der Waals surface area (Å²) in [6, 6.07) is 0.930. The van der Waals surface area contributed by atoms with Gasteiger partial charge in [0.05, 0.1) is 16.6 Å². The van der Waals surface area contributed by atoms with Gasteiger partial charge < -0.3 is 5.73 Å². The molecule has 90 valence electrons. The number of hydrogen-bond donors (Lipinski definition) is 1. The minimum Gasteiger partial charge on any atom is -0.319 e. The second-order valence-electron chi connectivity index (χ2n) is 3.07. The van der Waals surface area contributed by atoms with E-state index >= 15 is 0 Å². The molecule has 0 aliphatic rings. The first-order valence-electron chi connectivity index (χ1n) is 4.14. The Morgan fingerprint density at radius 1 is 1.19 bits per heavy atom. The molecule has 7 heteroatoms. The molecule has 0 bridgehead atoms. The number of hydrogen-bond acceptors (Lipinski definition) is 1. The minimum atomic E-state index is -4.69. The van der Waals surface area contributed by atoms with Gasteiger partial charge in [-0.1, -0.05) is 23.7 Å². The minimum absolute atomic E-state index is 0.411. The largest absolute Gasteiger partial charge is 0.417 e. The van der Waals surface area contributed by atoms with Crippen LogP contribution in [0.25, 0.3) is 0 Å². The van der Waals surface area contributed by atoms with E-state index in [-0.39, 0.29) is 0 Å². The normalized spacial score (nSPS) is 14.2. The van der Waals surface area contributed by atoms with E-state index in [9.17, 15) is 22.0 Å². The van der Waals surface area contributed by atoms with Crippen molar-refractivity contribution in [3.8, 4) is 0 Å². The van der Waals surface area contributed by atoms with Crippen molar-refractivity contribution in [1.29, 1.82) is 0 Å². The van der Waals surface area contributed by atoms with Crippen molar-refractivity contribution in [2.75, 3.05) is 0 Å². The van der Waals surface area contributed by atoms with E-state index < -0.39 is 34.8 Å². The fourth-order valence-electron chi connectivity index (χ4n) is 1.16. The molecular weight excluding hydrogens is 253 g/mol. The molecule has 0 fully saturated rings. The van der Waals surface area contributed by atoms with Gasteiger partial charge >= 0.3 is 6.18 Å². The fourth-order valence-corrected chi connectivity index (χ4v) is 1.52. The molecule has 0 amide bonds. The molecule has 16 heavy (non-hydrogen) atoms. The first-order chi connectivity index (χ1) is 7.25. The van der Waals surface area contributed by atoms with Crippen LogP contribution < -0.4 is 5.73 Å². The number of benzene rings is 1. The predicted molar refractivity (Wildman–Crippen MR) is 49.4 cm³/mol. The average Bonchev–Trinajstić information content (AvgIpc) is 2.15. The molecule has 1 atom stereocenters. The van der Waals surface area contributed by atoms with Crippen LogP contribution in [0.4, 0.5) is 22.0 Å². The number of nitrogens with two attached hydrogens (primary N) is 1. The maximum atomic E-state index is 12.4. The molecule has 0 spiro atoms. The van der Waals surface area contributed by atoms with Crippen molar-refractivity contribution >= 4 is 11.6 Å². The zero-order chi connectivity index (χ0) is 12.5. The van der Waals surface area contributed by atoms with Gasteiger partial charge in [0.25, 0.3) is 6.43 Å². The van der Waals surface area contributed by atoms with E-state index in [4.69, 9.17) is 17.3 Å². The Labute approximate surface area is 93.0 Å². The van der Waals surface area contributed by atoms with E-state index in [1.165, 1.54) is 0 Å². The van der Waals surface area contributed by atoms with Crippen molar-refractivity contribution < 1.29 is 22.0 Å². The van der Waals surface area contributed by atoms with Crippen molar-refractivity contribution in [2.45, 2.75) is 18.6 Å². The van der Waals surface area contributed by atoms with Gasteiger partial charge in [-0.05, 0) is 11.6 Å². The second kappa shape index (κ2) is 4.55. The van der Waals surface area contributed by atoms with Crippen LogP contribution in [0.2, 0.25) is 5.02 Å². The van der Waals surface area contributed by atoms with Crippen LogP contribution in [0.3, 0.4) is 0 Å². The lowest BCUT2D eigenvalue weighted by Gasteiger charge is -2.16. The summed E-state index contributed by atoms with van der Waals surface area (Å²) in [5.41, 5.74) is 3.47. The Kier molecular flexibility index (Phi) is 3.75. The van der Waals surface area contributed by atoms with Gasteiger partial charge in [0, 0.05) is 0 Å². The average molecular weight is 260 g/mol. The molecule has 0 aromatic heterocycles. The lowest BCUT2D eigenvalue weighted by Crippen LogP contribution is -2.20. The monoisotopic (exact) mass is 259 g/mol. The van der Waals surface area contributed by atoms with Crippen molar-refractivity contribution in [3.63, 3.8) is 0 Å². The van der Waals surface area contributed by atoms with Gasteiger partial charge in [-0.3, -0.25) is 0 Å². The molecule has 0 aliphatic carbocycles. The van der Waals surface area contributed by atoms with Gasteiger partial charge in [0.2, 0.25) is 0 Å². The third-order valence-corrected chi connectivity index (χ3v) is 2.39. The summed E-state index contributed by atoms with van der Waals surface area (Å²) in [6.45, 7) is 0. The topological polar surface area (TPSA) is 26.0 Å².